The molecule has 1 aliphatic heterocycles. The van der Waals surface area contributed by atoms with Crippen LogP contribution < -0.4 is 4.74 Å². The molecule has 0 aromatic heterocycles. The number of hydrogen-bond acceptors (Lipinski definition) is 4. The summed E-state index contributed by atoms with van der Waals surface area (Å²) in [4.78, 5) is 0. The molecule has 2 rings (SSSR count). The lowest BCUT2D eigenvalue weighted by Gasteiger charge is -2.20. The van der Waals surface area contributed by atoms with Gasteiger partial charge in [-0.1, -0.05) is 16.8 Å². The minimum Gasteiger partial charge on any atom is -0.490 e. The molecule has 0 spiro atoms. The van der Waals surface area contributed by atoms with Crippen LogP contribution in [0.1, 0.15) is 44.7 Å². The van der Waals surface area contributed by atoms with Gasteiger partial charge in [-0.25, -0.2) is 0 Å². The molecule has 0 bridgehead atoms. The van der Waals surface area contributed by atoms with Crippen molar-refractivity contribution >= 4 is 5.71 Å². The van der Waals surface area contributed by atoms with Crippen LogP contribution in [0.4, 0.5) is 0 Å². The predicted molar refractivity (Wildman–Crippen MR) is 78.9 cm³/mol. The van der Waals surface area contributed by atoms with Gasteiger partial charge in [0.1, 0.15) is 12.4 Å². The fraction of sp³-hybridized carbons (Fsp3) is 0.562. The summed E-state index contributed by atoms with van der Waals surface area (Å²) in [5, 5.41) is 12.2. The zero-order valence-electron chi connectivity index (χ0n) is 12.6. The van der Waals surface area contributed by atoms with Gasteiger partial charge in [0, 0.05) is 5.56 Å². The first-order valence-corrected chi connectivity index (χ1v) is 7.01. The number of rotatable bonds is 4. The molecule has 0 amide bonds. The third-order valence-corrected chi connectivity index (χ3v) is 3.65. The number of nitrogens with zero attached hydrogens (tertiary/aromatic N) is 1. The molecule has 1 aromatic rings. The second-order valence-electron chi connectivity index (χ2n) is 6.03. The lowest BCUT2D eigenvalue weighted by atomic mass is 10.1. The third-order valence-electron chi connectivity index (χ3n) is 3.65. The second-order valence-corrected chi connectivity index (χ2v) is 6.03. The van der Waals surface area contributed by atoms with Crippen molar-refractivity contribution in [3.8, 4) is 5.75 Å². The van der Waals surface area contributed by atoms with Crippen LogP contribution in [0.3, 0.4) is 0 Å². The molecule has 110 valence electrons. The maximum Gasteiger partial charge on any atom is 0.128 e. The van der Waals surface area contributed by atoms with Crippen LogP contribution in [0.25, 0.3) is 0 Å². The van der Waals surface area contributed by atoms with Crippen molar-refractivity contribution in [1.29, 1.82) is 0 Å². The summed E-state index contributed by atoms with van der Waals surface area (Å²) in [5.41, 5.74) is 2.43. The molecule has 20 heavy (non-hydrogen) atoms. The molecule has 0 aliphatic carbocycles. The number of hydrogen-bond donors (Lipinski definition) is 1. The van der Waals surface area contributed by atoms with E-state index < -0.39 is 0 Å². The molecule has 1 heterocycles. The van der Waals surface area contributed by atoms with E-state index in [1.807, 2.05) is 25.1 Å². The monoisotopic (exact) mass is 277 g/mol. The molecular weight excluding hydrogens is 254 g/mol. The minimum atomic E-state index is -0.0490. The largest absolute Gasteiger partial charge is 0.490 e. The predicted octanol–water partition coefficient (Wildman–Crippen LogP) is 3.53. The van der Waals surface area contributed by atoms with Gasteiger partial charge in [-0.3, -0.25) is 0 Å². The molecule has 0 radical (unpaired) electrons. The average Bonchev–Trinajstić information content (AvgIpc) is 2.76. The maximum atomic E-state index is 8.96. The third kappa shape index (κ3) is 3.51. The highest BCUT2D eigenvalue weighted by molar-refractivity contribution is 6.00. The zero-order chi connectivity index (χ0) is 14.8. The Labute approximate surface area is 120 Å². The molecule has 1 saturated heterocycles. The minimum absolute atomic E-state index is 0.0490. The van der Waals surface area contributed by atoms with Gasteiger partial charge in [-0.05, 0) is 52.7 Å². The van der Waals surface area contributed by atoms with E-state index in [1.54, 1.807) is 6.92 Å². The SMILES string of the molecule is C/C(=N/O)c1cc(C)ccc1OCC1CCC(C)(C)O1. The summed E-state index contributed by atoms with van der Waals surface area (Å²) in [7, 11) is 0. The molecule has 1 N–H and O–H groups in total. The number of benzene rings is 1. The Kier molecular flexibility index (Phi) is 4.33. The first-order chi connectivity index (χ1) is 9.41. The molecular formula is C16H23NO3. The Hall–Kier alpha value is -1.55. The lowest BCUT2D eigenvalue weighted by Crippen LogP contribution is -2.24. The first kappa shape index (κ1) is 14.9. The second kappa shape index (κ2) is 5.83. The van der Waals surface area contributed by atoms with Crippen LogP contribution in [0, 0.1) is 6.92 Å². The summed E-state index contributed by atoms with van der Waals surface area (Å²) >= 11 is 0. The Morgan fingerprint density at radius 3 is 2.85 bits per heavy atom. The van der Waals surface area contributed by atoms with Crippen LogP contribution in [-0.2, 0) is 4.74 Å². The van der Waals surface area contributed by atoms with Crippen LogP contribution in [-0.4, -0.2) is 29.2 Å². The molecule has 1 aromatic carbocycles. The molecule has 4 nitrogen and oxygen atoms in total. The average molecular weight is 277 g/mol. The topological polar surface area (TPSA) is 51.1 Å². The van der Waals surface area contributed by atoms with Crippen LogP contribution >= 0.6 is 0 Å². The van der Waals surface area contributed by atoms with Crippen molar-refractivity contribution in [3.63, 3.8) is 0 Å². The van der Waals surface area contributed by atoms with E-state index in [-0.39, 0.29) is 11.7 Å². The van der Waals surface area contributed by atoms with Crippen molar-refractivity contribution < 1.29 is 14.7 Å². The van der Waals surface area contributed by atoms with E-state index >= 15 is 0 Å². The van der Waals surface area contributed by atoms with Crippen molar-refractivity contribution in [2.45, 2.75) is 52.2 Å². The normalized spacial score (nSPS) is 22.0. The number of ether oxygens (including phenoxy) is 2. The van der Waals surface area contributed by atoms with Gasteiger partial charge in [0.05, 0.1) is 17.4 Å². The Morgan fingerprint density at radius 1 is 1.50 bits per heavy atom. The number of oxime groups is 1. The smallest absolute Gasteiger partial charge is 0.128 e. The van der Waals surface area contributed by atoms with Crippen LogP contribution in [0.2, 0.25) is 0 Å². The molecule has 1 atom stereocenters. The summed E-state index contributed by atoms with van der Waals surface area (Å²) in [6, 6.07) is 5.87. The van der Waals surface area contributed by atoms with E-state index in [0.29, 0.717) is 12.3 Å². The van der Waals surface area contributed by atoms with E-state index in [4.69, 9.17) is 14.7 Å². The Balaban J connectivity index is 2.06. The fourth-order valence-corrected chi connectivity index (χ4v) is 2.48. The van der Waals surface area contributed by atoms with Gasteiger partial charge in [-0.2, -0.15) is 0 Å². The highest BCUT2D eigenvalue weighted by Gasteiger charge is 2.32. The summed E-state index contributed by atoms with van der Waals surface area (Å²) in [6.45, 7) is 8.50. The van der Waals surface area contributed by atoms with E-state index in [1.165, 1.54) is 0 Å². The van der Waals surface area contributed by atoms with Crippen molar-refractivity contribution in [2.24, 2.45) is 5.16 Å². The van der Waals surface area contributed by atoms with Gasteiger partial charge in [-0.15, -0.1) is 0 Å². The van der Waals surface area contributed by atoms with Crippen molar-refractivity contribution in [3.05, 3.63) is 29.3 Å². The molecule has 0 saturated carbocycles. The lowest BCUT2D eigenvalue weighted by molar-refractivity contribution is -0.0326. The Morgan fingerprint density at radius 2 is 2.25 bits per heavy atom. The fourth-order valence-electron chi connectivity index (χ4n) is 2.48. The van der Waals surface area contributed by atoms with Crippen LogP contribution in [0.15, 0.2) is 23.4 Å². The van der Waals surface area contributed by atoms with E-state index in [9.17, 15) is 0 Å². The van der Waals surface area contributed by atoms with E-state index in [0.717, 1.165) is 29.7 Å². The number of aryl methyl sites for hydroxylation is 1. The van der Waals surface area contributed by atoms with Crippen LogP contribution in [0.5, 0.6) is 5.75 Å². The van der Waals surface area contributed by atoms with E-state index in [2.05, 4.69) is 19.0 Å². The summed E-state index contributed by atoms with van der Waals surface area (Å²) < 4.78 is 11.8. The van der Waals surface area contributed by atoms with Gasteiger partial charge in [0.25, 0.3) is 0 Å². The van der Waals surface area contributed by atoms with Crippen molar-refractivity contribution in [2.75, 3.05) is 6.61 Å². The molecule has 1 fully saturated rings. The highest BCUT2D eigenvalue weighted by atomic mass is 16.6. The standard InChI is InChI=1S/C16H23NO3/c1-11-5-6-15(14(9-11)12(2)17-18)19-10-13-7-8-16(3,4)20-13/h5-6,9,13,18H,7-8,10H2,1-4H3/b17-12-. The molecule has 1 unspecified atom stereocenters. The van der Waals surface area contributed by atoms with Gasteiger partial charge >= 0.3 is 0 Å². The summed E-state index contributed by atoms with van der Waals surface area (Å²) in [6.07, 6.45) is 2.20. The van der Waals surface area contributed by atoms with Crippen molar-refractivity contribution in [1.82, 2.24) is 0 Å². The first-order valence-electron chi connectivity index (χ1n) is 7.01. The molecule has 1 aliphatic rings. The molecule has 4 heteroatoms. The maximum absolute atomic E-state index is 8.96. The quantitative estimate of drug-likeness (QED) is 0.520. The highest BCUT2D eigenvalue weighted by Crippen LogP contribution is 2.30. The summed E-state index contributed by atoms with van der Waals surface area (Å²) in [5.74, 6) is 0.735. The zero-order valence-corrected chi connectivity index (χ0v) is 12.6. The van der Waals surface area contributed by atoms with Gasteiger partial charge < -0.3 is 14.7 Å². The van der Waals surface area contributed by atoms with Gasteiger partial charge in [0.2, 0.25) is 0 Å². The van der Waals surface area contributed by atoms with Gasteiger partial charge in [0.15, 0.2) is 0 Å². The Bertz CT molecular complexity index is 508.